The molecular weight excluding hydrogens is 376 g/mol. The molecular formula is C25H26N2O3. The lowest BCUT2D eigenvalue weighted by atomic mass is 10.1. The zero-order valence-corrected chi connectivity index (χ0v) is 17.1. The third kappa shape index (κ3) is 4.57. The van der Waals surface area contributed by atoms with E-state index in [0.717, 1.165) is 29.3 Å². The van der Waals surface area contributed by atoms with Crippen LogP contribution in [0.1, 0.15) is 17.5 Å². The molecule has 1 aliphatic heterocycles. The number of nitrogens with zero attached hydrogens (tertiary/aromatic N) is 1. The molecule has 0 radical (unpaired) electrons. The summed E-state index contributed by atoms with van der Waals surface area (Å²) in [5.41, 5.74) is 3.18. The van der Waals surface area contributed by atoms with Crippen molar-refractivity contribution in [1.82, 2.24) is 5.32 Å². The highest BCUT2D eigenvalue weighted by atomic mass is 16.5. The molecule has 5 heteroatoms. The van der Waals surface area contributed by atoms with Crippen LogP contribution < -0.4 is 19.7 Å². The van der Waals surface area contributed by atoms with Gasteiger partial charge in [0.1, 0.15) is 18.1 Å². The van der Waals surface area contributed by atoms with Gasteiger partial charge in [-0.2, -0.15) is 0 Å². The van der Waals surface area contributed by atoms with Crippen molar-refractivity contribution in [3.8, 4) is 11.5 Å². The van der Waals surface area contributed by atoms with Crippen molar-refractivity contribution in [2.75, 3.05) is 18.6 Å². The van der Waals surface area contributed by atoms with Gasteiger partial charge in [0, 0.05) is 18.7 Å². The number of ether oxygens (including phenoxy) is 2. The summed E-state index contributed by atoms with van der Waals surface area (Å²) in [6, 6.07) is 26.0. The van der Waals surface area contributed by atoms with Gasteiger partial charge in [-0.1, -0.05) is 60.7 Å². The van der Waals surface area contributed by atoms with Gasteiger partial charge in [-0.05, 0) is 23.8 Å². The Labute approximate surface area is 177 Å². The molecule has 0 saturated carbocycles. The Morgan fingerprint density at radius 2 is 1.77 bits per heavy atom. The first-order valence-corrected chi connectivity index (χ1v) is 10.2. The number of nitrogens with one attached hydrogen (secondary N) is 1. The van der Waals surface area contributed by atoms with Gasteiger partial charge >= 0.3 is 0 Å². The van der Waals surface area contributed by atoms with E-state index in [0.29, 0.717) is 19.6 Å². The molecule has 30 heavy (non-hydrogen) atoms. The number of carbonyl (C=O) groups is 1. The highest BCUT2D eigenvalue weighted by molar-refractivity contribution is 5.78. The standard InChI is InChI=1S/C25H26N2O3/c1-29-23-13-7-5-11-20(23)16-26-25(28)15-21-18-30-24-14-8-6-12-22(24)27(21)17-19-9-3-2-4-10-19/h2-14,21H,15-18H2,1H3,(H,26,28)/t21-/m1/s1. The van der Waals surface area contributed by atoms with E-state index in [4.69, 9.17) is 9.47 Å². The van der Waals surface area contributed by atoms with Crippen LogP contribution in [-0.2, 0) is 17.9 Å². The predicted molar refractivity (Wildman–Crippen MR) is 118 cm³/mol. The minimum Gasteiger partial charge on any atom is -0.496 e. The van der Waals surface area contributed by atoms with Gasteiger partial charge in [0.15, 0.2) is 0 Å². The van der Waals surface area contributed by atoms with Crippen LogP contribution in [0.2, 0.25) is 0 Å². The zero-order chi connectivity index (χ0) is 20.8. The summed E-state index contributed by atoms with van der Waals surface area (Å²) in [6.07, 6.45) is 0.357. The predicted octanol–water partition coefficient (Wildman–Crippen LogP) is 4.17. The van der Waals surface area contributed by atoms with Gasteiger partial charge in [0.2, 0.25) is 5.91 Å². The van der Waals surface area contributed by atoms with Gasteiger partial charge in [0.05, 0.1) is 25.3 Å². The monoisotopic (exact) mass is 402 g/mol. The van der Waals surface area contributed by atoms with Gasteiger partial charge < -0.3 is 19.7 Å². The first kappa shape index (κ1) is 19.8. The number of methoxy groups -OCH3 is 1. The van der Waals surface area contributed by atoms with Crippen molar-refractivity contribution in [3.05, 3.63) is 90.0 Å². The van der Waals surface area contributed by atoms with Crippen molar-refractivity contribution in [3.63, 3.8) is 0 Å². The number of amides is 1. The second-order valence-corrected chi connectivity index (χ2v) is 7.34. The second-order valence-electron chi connectivity index (χ2n) is 7.34. The maximum absolute atomic E-state index is 12.8. The molecule has 0 fully saturated rings. The van der Waals surface area contributed by atoms with Crippen molar-refractivity contribution in [1.29, 1.82) is 0 Å². The number of rotatable bonds is 7. The van der Waals surface area contributed by atoms with Crippen LogP contribution in [0.3, 0.4) is 0 Å². The summed E-state index contributed by atoms with van der Waals surface area (Å²) in [7, 11) is 1.64. The summed E-state index contributed by atoms with van der Waals surface area (Å²) < 4.78 is 11.3. The van der Waals surface area contributed by atoms with E-state index in [1.54, 1.807) is 7.11 Å². The molecule has 1 heterocycles. The molecule has 1 atom stereocenters. The molecule has 3 aromatic carbocycles. The number of carbonyl (C=O) groups excluding carboxylic acids is 1. The molecule has 0 spiro atoms. The normalized spacial score (nSPS) is 15.1. The Morgan fingerprint density at radius 3 is 2.60 bits per heavy atom. The number of fused-ring (bicyclic) bond motifs is 1. The van der Waals surface area contributed by atoms with Crippen LogP contribution in [0.15, 0.2) is 78.9 Å². The fourth-order valence-electron chi connectivity index (χ4n) is 3.78. The average molecular weight is 402 g/mol. The minimum atomic E-state index is -0.0437. The number of hydrogen-bond acceptors (Lipinski definition) is 4. The minimum absolute atomic E-state index is 0.00745. The maximum atomic E-state index is 12.8. The molecule has 1 N–H and O–H groups in total. The molecule has 0 unspecified atom stereocenters. The van der Waals surface area contributed by atoms with E-state index in [-0.39, 0.29) is 11.9 Å². The van der Waals surface area contributed by atoms with E-state index in [2.05, 4.69) is 28.4 Å². The Balaban J connectivity index is 1.47. The summed E-state index contributed by atoms with van der Waals surface area (Å²) in [6.45, 7) is 1.64. The Bertz CT molecular complexity index is 990. The molecule has 5 nitrogen and oxygen atoms in total. The lowest BCUT2D eigenvalue weighted by Gasteiger charge is -2.38. The Hall–Kier alpha value is -3.47. The van der Waals surface area contributed by atoms with Crippen LogP contribution in [0, 0.1) is 0 Å². The summed E-state index contributed by atoms with van der Waals surface area (Å²) in [5.74, 6) is 1.63. The van der Waals surface area contributed by atoms with E-state index in [9.17, 15) is 4.79 Å². The lowest BCUT2D eigenvalue weighted by molar-refractivity contribution is -0.121. The first-order valence-electron chi connectivity index (χ1n) is 10.2. The van der Waals surface area contributed by atoms with Crippen molar-refractivity contribution >= 4 is 11.6 Å². The lowest BCUT2D eigenvalue weighted by Crippen LogP contribution is -2.45. The van der Waals surface area contributed by atoms with Crippen LogP contribution in [0.25, 0.3) is 0 Å². The highest BCUT2D eigenvalue weighted by Gasteiger charge is 2.29. The zero-order valence-electron chi connectivity index (χ0n) is 17.1. The van der Waals surface area contributed by atoms with Gasteiger partial charge in [0.25, 0.3) is 0 Å². The average Bonchev–Trinajstić information content (AvgIpc) is 2.80. The molecule has 0 saturated heterocycles. The summed E-state index contributed by atoms with van der Waals surface area (Å²) >= 11 is 0. The molecule has 4 rings (SSSR count). The van der Waals surface area contributed by atoms with E-state index in [1.165, 1.54) is 5.56 Å². The molecule has 0 bridgehead atoms. The highest BCUT2D eigenvalue weighted by Crippen LogP contribution is 2.35. The van der Waals surface area contributed by atoms with Crippen molar-refractivity contribution < 1.29 is 14.3 Å². The number of hydrogen-bond donors (Lipinski definition) is 1. The van der Waals surface area contributed by atoms with Crippen LogP contribution in [0.4, 0.5) is 5.69 Å². The third-order valence-electron chi connectivity index (χ3n) is 5.33. The smallest absolute Gasteiger partial charge is 0.222 e. The largest absolute Gasteiger partial charge is 0.496 e. The van der Waals surface area contributed by atoms with E-state index < -0.39 is 0 Å². The SMILES string of the molecule is COc1ccccc1CNC(=O)C[C@@H]1COc2ccccc2N1Cc1ccccc1. The molecule has 1 aliphatic rings. The number of anilines is 1. The number of benzene rings is 3. The molecule has 1 amide bonds. The van der Waals surface area contributed by atoms with Crippen LogP contribution in [0.5, 0.6) is 11.5 Å². The van der Waals surface area contributed by atoms with Crippen LogP contribution >= 0.6 is 0 Å². The molecule has 0 aromatic heterocycles. The van der Waals surface area contributed by atoms with Gasteiger partial charge in [-0.15, -0.1) is 0 Å². The maximum Gasteiger partial charge on any atom is 0.222 e. The Morgan fingerprint density at radius 1 is 1.03 bits per heavy atom. The topological polar surface area (TPSA) is 50.8 Å². The molecule has 3 aromatic rings. The third-order valence-corrected chi connectivity index (χ3v) is 5.33. The van der Waals surface area contributed by atoms with Gasteiger partial charge in [-0.3, -0.25) is 4.79 Å². The van der Waals surface area contributed by atoms with Gasteiger partial charge in [-0.25, -0.2) is 0 Å². The summed E-state index contributed by atoms with van der Waals surface area (Å²) in [5, 5.41) is 3.03. The first-order chi connectivity index (χ1) is 14.7. The van der Waals surface area contributed by atoms with Crippen molar-refractivity contribution in [2.45, 2.75) is 25.6 Å². The molecule has 154 valence electrons. The van der Waals surface area contributed by atoms with E-state index >= 15 is 0 Å². The fraction of sp³-hybridized carbons (Fsp3) is 0.240. The fourth-order valence-corrected chi connectivity index (χ4v) is 3.78. The Kier molecular flexibility index (Phi) is 6.18. The quantitative estimate of drug-likeness (QED) is 0.645. The van der Waals surface area contributed by atoms with Crippen molar-refractivity contribution in [2.24, 2.45) is 0 Å². The summed E-state index contributed by atoms with van der Waals surface area (Å²) in [4.78, 5) is 15.0. The molecule has 0 aliphatic carbocycles. The van der Waals surface area contributed by atoms with E-state index in [1.807, 2.05) is 60.7 Å². The second kappa shape index (κ2) is 9.35. The van der Waals surface area contributed by atoms with Crippen LogP contribution in [-0.4, -0.2) is 25.7 Å². The number of para-hydroxylation sites is 3.